The van der Waals surface area contributed by atoms with Crippen LogP contribution in [0.15, 0.2) is 0 Å². The van der Waals surface area contributed by atoms with Gasteiger partial charge in [-0.3, -0.25) is 0 Å². The highest BCUT2D eigenvalue weighted by Gasteiger charge is 2.38. The van der Waals surface area contributed by atoms with Gasteiger partial charge in [-0.2, -0.15) is 0 Å². The molecule has 0 aromatic heterocycles. The smallest absolute Gasteiger partial charge is 0.207 e. The van der Waals surface area contributed by atoms with Crippen molar-refractivity contribution < 1.29 is 8.78 Å². The Morgan fingerprint density at radius 2 is 1.32 bits per heavy atom. The summed E-state index contributed by atoms with van der Waals surface area (Å²) < 4.78 is 26.6. The molecule has 0 aromatic rings. The van der Waals surface area contributed by atoms with Crippen molar-refractivity contribution >= 4 is 0 Å². The largest absolute Gasteiger partial charge is 0.248 e. The molecule has 0 nitrogen and oxygen atoms in total. The van der Waals surface area contributed by atoms with E-state index in [-0.39, 0.29) is 5.92 Å². The van der Waals surface area contributed by atoms with Crippen molar-refractivity contribution in [2.45, 2.75) is 84.0 Å². The van der Waals surface area contributed by atoms with Crippen molar-refractivity contribution in [2.24, 2.45) is 23.7 Å². The molecular formula is C17H30F2. The van der Waals surface area contributed by atoms with Gasteiger partial charge in [0, 0.05) is 5.92 Å². The van der Waals surface area contributed by atoms with Gasteiger partial charge in [0.2, 0.25) is 5.92 Å². The van der Waals surface area contributed by atoms with Crippen molar-refractivity contribution in [3.05, 3.63) is 0 Å². The quantitative estimate of drug-likeness (QED) is 0.584. The summed E-state index contributed by atoms with van der Waals surface area (Å²) in [5.41, 5.74) is 0. The summed E-state index contributed by atoms with van der Waals surface area (Å²) >= 11 is 0. The molecule has 2 rings (SSSR count). The van der Waals surface area contributed by atoms with Crippen LogP contribution >= 0.6 is 0 Å². The molecule has 0 unspecified atom stereocenters. The van der Waals surface area contributed by atoms with Crippen LogP contribution in [0.3, 0.4) is 0 Å². The minimum atomic E-state index is -2.45. The van der Waals surface area contributed by atoms with Crippen molar-refractivity contribution in [2.75, 3.05) is 0 Å². The molecular weight excluding hydrogens is 242 g/mol. The lowest BCUT2D eigenvalue weighted by atomic mass is 9.68. The summed E-state index contributed by atoms with van der Waals surface area (Å²) in [6.07, 6.45) is 11.8. The molecule has 0 saturated heterocycles. The van der Waals surface area contributed by atoms with E-state index in [0.29, 0.717) is 0 Å². The SMILES string of the molecule is CCCC1CCC(C2CCC(C(C)(F)F)CC2)CC1. The molecule has 0 aliphatic heterocycles. The monoisotopic (exact) mass is 272 g/mol. The van der Waals surface area contributed by atoms with Crippen molar-refractivity contribution in [1.29, 1.82) is 0 Å². The summed E-state index contributed by atoms with van der Waals surface area (Å²) in [5, 5.41) is 0. The van der Waals surface area contributed by atoms with E-state index in [4.69, 9.17) is 0 Å². The van der Waals surface area contributed by atoms with Gasteiger partial charge < -0.3 is 0 Å². The maximum absolute atomic E-state index is 13.3. The molecule has 19 heavy (non-hydrogen) atoms. The second-order valence-electron chi connectivity index (χ2n) is 7.14. The van der Waals surface area contributed by atoms with Gasteiger partial charge in [0.1, 0.15) is 0 Å². The Kier molecular flexibility index (Phi) is 5.25. The first-order valence-electron chi connectivity index (χ1n) is 8.38. The maximum atomic E-state index is 13.3. The highest BCUT2D eigenvalue weighted by Crippen LogP contribution is 2.45. The molecule has 2 aliphatic carbocycles. The zero-order valence-electron chi connectivity index (χ0n) is 12.6. The number of alkyl halides is 2. The Hall–Kier alpha value is -0.140. The molecule has 0 bridgehead atoms. The van der Waals surface area contributed by atoms with E-state index in [2.05, 4.69) is 6.92 Å². The Morgan fingerprint density at radius 1 is 0.842 bits per heavy atom. The summed E-state index contributed by atoms with van der Waals surface area (Å²) in [6, 6.07) is 0. The van der Waals surface area contributed by atoms with Crippen LogP contribution in [0, 0.1) is 23.7 Å². The van der Waals surface area contributed by atoms with E-state index >= 15 is 0 Å². The summed E-state index contributed by atoms with van der Waals surface area (Å²) in [6.45, 7) is 3.38. The molecule has 2 aliphatic rings. The Bertz CT molecular complexity index is 253. The molecule has 2 heteroatoms. The van der Waals surface area contributed by atoms with Gasteiger partial charge in [0.05, 0.1) is 0 Å². The van der Waals surface area contributed by atoms with Gasteiger partial charge in [-0.15, -0.1) is 0 Å². The first-order valence-corrected chi connectivity index (χ1v) is 8.38. The highest BCUT2D eigenvalue weighted by atomic mass is 19.3. The standard InChI is InChI=1S/C17H30F2/c1-3-4-13-5-7-14(8-6-13)15-9-11-16(12-10-15)17(2,18)19/h13-16H,3-12H2,1-2H3. The first-order chi connectivity index (χ1) is 9.00. The second kappa shape index (κ2) is 6.54. The van der Waals surface area contributed by atoms with Crippen LogP contribution in [-0.2, 0) is 0 Å². The molecule has 0 amide bonds. The molecule has 0 atom stereocenters. The lowest BCUT2D eigenvalue weighted by molar-refractivity contribution is -0.0618. The van der Waals surface area contributed by atoms with Crippen LogP contribution in [-0.4, -0.2) is 5.92 Å². The minimum Gasteiger partial charge on any atom is -0.207 e. The summed E-state index contributed by atoms with van der Waals surface area (Å²) in [4.78, 5) is 0. The van der Waals surface area contributed by atoms with Gasteiger partial charge in [0.25, 0.3) is 0 Å². The maximum Gasteiger partial charge on any atom is 0.248 e. The lowest BCUT2D eigenvalue weighted by Gasteiger charge is -2.39. The predicted octanol–water partition coefficient (Wildman–Crippen LogP) is 6.05. The van der Waals surface area contributed by atoms with E-state index in [1.165, 1.54) is 38.5 Å². The fourth-order valence-electron chi connectivity index (χ4n) is 4.45. The zero-order chi connectivity index (χ0) is 13.9. The van der Waals surface area contributed by atoms with E-state index < -0.39 is 5.92 Å². The van der Waals surface area contributed by atoms with E-state index in [0.717, 1.165) is 50.4 Å². The van der Waals surface area contributed by atoms with Gasteiger partial charge in [-0.25, -0.2) is 8.78 Å². The van der Waals surface area contributed by atoms with Crippen LogP contribution in [0.2, 0.25) is 0 Å². The molecule has 112 valence electrons. The molecule has 0 N–H and O–H groups in total. The first kappa shape index (κ1) is 15.3. The predicted molar refractivity (Wildman–Crippen MR) is 76.4 cm³/mol. The van der Waals surface area contributed by atoms with Gasteiger partial charge in [-0.1, -0.05) is 32.6 Å². The molecule has 0 radical (unpaired) electrons. The van der Waals surface area contributed by atoms with Gasteiger partial charge >= 0.3 is 0 Å². The molecule has 2 fully saturated rings. The van der Waals surface area contributed by atoms with Crippen molar-refractivity contribution in [1.82, 2.24) is 0 Å². The van der Waals surface area contributed by atoms with E-state index in [9.17, 15) is 8.78 Å². The normalized spacial score (nSPS) is 37.3. The molecule has 0 heterocycles. The molecule has 2 saturated carbocycles. The summed E-state index contributed by atoms with van der Waals surface area (Å²) in [5.74, 6) is -0.248. The third-order valence-corrected chi connectivity index (χ3v) is 5.74. The average molecular weight is 272 g/mol. The zero-order valence-corrected chi connectivity index (χ0v) is 12.6. The van der Waals surface area contributed by atoms with Crippen molar-refractivity contribution in [3.8, 4) is 0 Å². The van der Waals surface area contributed by atoms with Crippen LogP contribution < -0.4 is 0 Å². The Balaban J connectivity index is 1.74. The number of rotatable bonds is 4. The van der Waals surface area contributed by atoms with Crippen molar-refractivity contribution in [3.63, 3.8) is 0 Å². The fraction of sp³-hybridized carbons (Fsp3) is 1.00. The average Bonchev–Trinajstić information content (AvgIpc) is 2.39. The number of hydrogen-bond acceptors (Lipinski definition) is 0. The summed E-state index contributed by atoms with van der Waals surface area (Å²) in [7, 11) is 0. The topological polar surface area (TPSA) is 0 Å². The minimum absolute atomic E-state index is 0.347. The Morgan fingerprint density at radius 3 is 1.74 bits per heavy atom. The van der Waals surface area contributed by atoms with Gasteiger partial charge in [-0.05, 0) is 63.2 Å². The Labute approximate surface area is 117 Å². The number of hydrogen-bond donors (Lipinski definition) is 0. The fourth-order valence-corrected chi connectivity index (χ4v) is 4.45. The third kappa shape index (κ3) is 4.16. The van der Waals surface area contributed by atoms with Crippen LogP contribution in [0.4, 0.5) is 8.78 Å². The van der Waals surface area contributed by atoms with Crippen LogP contribution in [0.1, 0.15) is 78.1 Å². The highest BCUT2D eigenvalue weighted by molar-refractivity contribution is 4.85. The molecule has 0 spiro atoms. The van der Waals surface area contributed by atoms with E-state index in [1.807, 2.05) is 0 Å². The number of halogens is 2. The van der Waals surface area contributed by atoms with E-state index in [1.54, 1.807) is 0 Å². The van der Waals surface area contributed by atoms with Crippen LogP contribution in [0.5, 0.6) is 0 Å². The third-order valence-electron chi connectivity index (χ3n) is 5.74. The lowest BCUT2D eigenvalue weighted by Crippen LogP contribution is -2.32. The molecule has 0 aromatic carbocycles. The van der Waals surface area contributed by atoms with Crippen LogP contribution in [0.25, 0.3) is 0 Å². The second-order valence-corrected chi connectivity index (χ2v) is 7.14. The van der Waals surface area contributed by atoms with Gasteiger partial charge in [0.15, 0.2) is 0 Å².